The summed E-state index contributed by atoms with van der Waals surface area (Å²) in [4.78, 5) is 29.2. The summed E-state index contributed by atoms with van der Waals surface area (Å²) >= 11 is 0.984. The molecule has 0 unspecified atom stereocenters. The molecular formula is C13H15N3O2S. The largest absolute Gasteiger partial charge is 0.329 e. The number of carbonyl (C=O) groups is 2. The van der Waals surface area contributed by atoms with Crippen molar-refractivity contribution in [3.8, 4) is 0 Å². The van der Waals surface area contributed by atoms with Gasteiger partial charge in [-0.3, -0.25) is 19.5 Å². The molecule has 1 aromatic rings. The van der Waals surface area contributed by atoms with Crippen molar-refractivity contribution < 1.29 is 9.59 Å². The number of aromatic nitrogens is 1. The Kier molecular flexibility index (Phi) is 4.70. The molecule has 100 valence electrons. The van der Waals surface area contributed by atoms with Crippen molar-refractivity contribution in [2.24, 2.45) is 5.73 Å². The molecular weight excluding hydrogens is 262 g/mol. The number of nitrogens with zero attached hydrogens (tertiary/aromatic N) is 2. The first-order valence-electron chi connectivity index (χ1n) is 6.05. The molecule has 2 heterocycles. The molecule has 2 amide bonds. The first kappa shape index (κ1) is 13.8. The minimum absolute atomic E-state index is 0.230. The number of carbonyl (C=O) groups excluding carboxylic acids is 2. The summed E-state index contributed by atoms with van der Waals surface area (Å²) in [5.41, 5.74) is 6.48. The van der Waals surface area contributed by atoms with Gasteiger partial charge < -0.3 is 5.73 Å². The van der Waals surface area contributed by atoms with Gasteiger partial charge in [0.1, 0.15) is 0 Å². The molecule has 5 nitrogen and oxygen atoms in total. The Morgan fingerprint density at radius 2 is 2.26 bits per heavy atom. The number of allylic oxidation sites excluding steroid dienone is 1. The van der Waals surface area contributed by atoms with Gasteiger partial charge in [0.25, 0.3) is 11.1 Å². The van der Waals surface area contributed by atoms with Gasteiger partial charge in [0.05, 0.1) is 4.91 Å². The second-order valence-corrected chi connectivity index (χ2v) is 5.07. The SMILES string of the molecule is NCCN1C(=O)S/C(=C\CCc2cccnc2)C1=O. The lowest BCUT2D eigenvalue weighted by Gasteiger charge is -2.09. The number of aryl methyl sites for hydroxylation is 1. The fraction of sp³-hybridized carbons (Fsp3) is 0.308. The lowest BCUT2D eigenvalue weighted by atomic mass is 10.1. The minimum Gasteiger partial charge on any atom is -0.329 e. The second-order valence-electron chi connectivity index (χ2n) is 4.08. The van der Waals surface area contributed by atoms with Gasteiger partial charge in [0.15, 0.2) is 0 Å². The summed E-state index contributed by atoms with van der Waals surface area (Å²) in [6.07, 6.45) is 6.85. The van der Waals surface area contributed by atoms with E-state index < -0.39 is 0 Å². The van der Waals surface area contributed by atoms with Gasteiger partial charge in [0, 0.05) is 25.5 Å². The van der Waals surface area contributed by atoms with Crippen LogP contribution in [0.4, 0.5) is 4.79 Å². The van der Waals surface area contributed by atoms with Crippen molar-refractivity contribution >= 4 is 22.9 Å². The predicted octanol–water partition coefficient (Wildman–Crippen LogP) is 1.55. The Hall–Kier alpha value is -1.66. The highest BCUT2D eigenvalue weighted by Gasteiger charge is 2.33. The summed E-state index contributed by atoms with van der Waals surface area (Å²) < 4.78 is 0. The molecule has 0 saturated carbocycles. The van der Waals surface area contributed by atoms with Crippen LogP contribution in [0.2, 0.25) is 0 Å². The average Bonchev–Trinajstić information content (AvgIpc) is 2.68. The molecule has 6 heteroatoms. The Balaban J connectivity index is 1.94. The number of thioether (sulfide) groups is 1. The molecule has 19 heavy (non-hydrogen) atoms. The number of amides is 2. The number of nitrogens with two attached hydrogens (primary N) is 1. The maximum absolute atomic E-state index is 11.9. The molecule has 2 rings (SSSR count). The number of hydrogen-bond donors (Lipinski definition) is 1. The van der Waals surface area contributed by atoms with Crippen LogP contribution in [0.25, 0.3) is 0 Å². The monoisotopic (exact) mass is 277 g/mol. The standard InChI is InChI=1S/C13H15N3O2S/c14-6-8-16-12(17)11(19-13(16)18)5-1-3-10-4-2-7-15-9-10/h2,4-5,7,9H,1,3,6,8,14H2/b11-5-. The fourth-order valence-electron chi connectivity index (χ4n) is 1.78. The quantitative estimate of drug-likeness (QED) is 0.826. The van der Waals surface area contributed by atoms with Crippen LogP contribution < -0.4 is 5.73 Å². The van der Waals surface area contributed by atoms with Gasteiger partial charge in [-0.15, -0.1) is 0 Å². The smallest absolute Gasteiger partial charge is 0.293 e. The fourth-order valence-corrected chi connectivity index (χ4v) is 2.65. The lowest BCUT2D eigenvalue weighted by molar-refractivity contribution is -0.122. The maximum Gasteiger partial charge on any atom is 0.293 e. The van der Waals surface area contributed by atoms with Crippen LogP contribution in [0.15, 0.2) is 35.5 Å². The number of hydrogen-bond acceptors (Lipinski definition) is 5. The van der Waals surface area contributed by atoms with E-state index in [-0.39, 0.29) is 17.7 Å². The summed E-state index contributed by atoms with van der Waals surface area (Å²) in [5, 5.41) is -0.233. The van der Waals surface area contributed by atoms with Crippen molar-refractivity contribution in [3.63, 3.8) is 0 Å². The Bertz CT molecular complexity index is 502. The lowest BCUT2D eigenvalue weighted by Crippen LogP contribution is -2.33. The first-order chi connectivity index (χ1) is 9.22. The highest BCUT2D eigenvalue weighted by atomic mass is 32.2. The third-order valence-electron chi connectivity index (χ3n) is 2.71. The van der Waals surface area contributed by atoms with Crippen molar-refractivity contribution in [2.45, 2.75) is 12.8 Å². The molecule has 0 aliphatic carbocycles. The highest BCUT2D eigenvalue weighted by Crippen LogP contribution is 2.30. The van der Waals surface area contributed by atoms with Gasteiger partial charge in [0.2, 0.25) is 0 Å². The topological polar surface area (TPSA) is 76.3 Å². The van der Waals surface area contributed by atoms with E-state index in [0.717, 1.165) is 23.7 Å². The summed E-state index contributed by atoms with van der Waals surface area (Å²) in [5.74, 6) is -0.230. The molecule has 1 aliphatic heterocycles. The number of pyridine rings is 1. The molecule has 0 aromatic carbocycles. The molecule has 0 atom stereocenters. The van der Waals surface area contributed by atoms with Crippen LogP contribution in [-0.4, -0.2) is 34.1 Å². The van der Waals surface area contributed by atoms with Crippen molar-refractivity contribution in [1.29, 1.82) is 0 Å². The molecule has 1 aliphatic rings. The zero-order valence-electron chi connectivity index (χ0n) is 10.4. The van der Waals surface area contributed by atoms with E-state index in [1.54, 1.807) is 12.4 Å². The van der Waals surface area contributed by atoms with E-state index in [1.165, 1.54) is 4.90 Å². The zero-order valence-corrected chi connectivity index (χ0v) is 11.2. The maximum atomic E-state index is 11.9. The van der Waals surface area contributed by atoms with E-state index >= 15 is 0 Å². The Morgan fingerprint density at radius 3 is 2.95 bits per heavy atom. The van der Waals surface area contributed by atoms with Crippen LogP contribution in [0, 0.1) is 0 Å². The molecule has 0 spiro atoms. The summed E-state index contributed by atoms with van der Waals surface area (Å²) in [6, 6.07) is 3.87. The van der Waals surface area contributed by atoms with Crippen LogP contribution in [0.1, 0.15) is 12.0 Å². The Labute approximate surface area is 115 Å². The van der Waals surface area contributed by atoms with Crippen LogP contribution in [0.5, 0.6) is 0 Å². The van der Waals surface area contributed by atoms with Crippen molar-refractivity contribution in [1.82, 2.24) is 9.88 Å². The molecule has 0 radical (unpaired) electrons. The van der Waals surface area contributed by atoms with E-state index in [0.29, 0.717) is 17.9 Å². The molecule has 1 aromatic heterocycles. The third-order valence-corrected chi connectivity index (χ3v) is 3.67. The van der Waals surface area contributed by atoms with Crippen LogP contribution in [0.3, 0.4) is 0 Å². The predicted molar refractivity (Wildman–Crippen MR) is 74.4 cm³/mol. The molecule has 2 N–H and O–H groups in total. The van der Waals surface area contributed by atoms with E-state index in [2.05, 4.69) is 4.98 Å². The van der Waals surface area contributed by atoms with Gasteiger partial charge in [-0.2, -0.15) is 0 Å². The molecule has 1 fully saturated rings. The van der Waals surface area contributed by atoms with Crippen LogP contribution in [-0.2, 0) is 11.2 Å². The number of rotatable bonds is 5. The average molecular weight is 277 g/mol. The second kappa shape index (κ2) is 6.49. The molecule has 1 saturated heterocycles. The van der Waals surface area contributed by atoms with Crippen molar-refractivity contribution in [3.05, 3.63) is 41.1 Å². The van der Waals surface area contributed by atoms with E-state index in [4.69, 9.17) is 5.73 Å². The van der Waals surface area contributed by atoms with E-state index in [9.17, 15) is 9.59 Å². The summed E-state index contributed by atoms with van der Waals surface area (Å²) in [7, 11) is 0. The molecule has 0 bridgehead atoms. The highest BCUT2D eigenvalue weighted by molar-refractivity contribution is 8.18. The van der Waals surface area contributed by atoms with Gasteiger partial charge in [-0.05, 0) is 36.2 Å². The van der Waals surface area contributed by atoms with Crippen LogP contribution >= 0.6 is 11.8 Å². The normalized spacial score (nSPS) is 17.5. The van der Waals surface area contributed by atoms with Gasteiger partial charge >= 0.3 is 0 Å². The Morgan fingerprint density at radius 1 is 1.42 bits per heavy atom. The zero-order chi connectivity index (χ0) is 13.7. The summed E-state index contributed by atoms with van der Waals surface area (Å²) in [6.45, 7) is 0.575. The minimum atomic E-state index is -0.233. The first-order valence-corrected chi connectivity index (χ1v) is 6.87. The number of imide groups is 1. The van der Waals surface area contributed by atoms with E-state index in [1.807, 2.05) is 18.2 Å². The van der Waals surface area contributed by atoms with Crippen molar-refractivity contribution in [2.75, 3.05) is 13.1 Å². The van der Waals surface area contributed by atoms with Gasteiger partial charge in [-0.25, -0.2) is 0 Å². The van der Waals surface area contributed by atoms with Gasteiger partial charge in [-0.1, -0.05) is 12.1 Å². The third kappa shape index (κ3) is 3.42.